The van der Waals surface area contributed by atoms with E-state index in [1.165, 1.54) is 6.42 Å². The highest BCUT2D eigenvalue weighted by Gasteiger charge is 2.30. The lowest BCUT2D eigenvalue weighted by Crippen LogP contribution is -2.55. The number of piperazine rings is 1. The van der Waals surface area contributed by atoms with Gasteiger partial charge < -0.3 is 20.2 Å². The van der Waals surface area contributed by atoms with Crippen molar-refractivity contribution in [2.24, 2.45) is 4.99 Å². The molecule has 1 saturated carbocycles. The number of nitrogens with one attached hydrogen (secondary N) is 1. The zero-order valence-electron chi connectivity index (χ0n) is 16.1. The van der Waals surface area contributed by atoms with Crippen molar-refractivity contribution in [2.45, 2.75) is 44.1 Å². The standard InChI is InChI=1S/C18H35N5O2/c1-19-17(20-15-18(25)8-5-4-6-9-18)23-13-11-22(12-14-23)10-7-16(24)21(2)3/h25H,4-15H2,1-3H3,(H,19,20). The van der Waals surface area contributed by atoms with Crippen LogP contribution in [0.1, 0.15) is 38.5 Å². The summed E-state index contributed by atoms with van der Waals surface area (Å²) in [6.45, 7) is 5.06. The van der Waals surface area contributed by atoms with Gasteiger partial charge in [0, 0.05) is 66.8 Å². The van der Waals surface area contributed by atoms with E-state index < -0.39 is 5.60 Å². The van der Waals surface area contributed by atoms with E-state index >= 15 is 0 Å². The third-order valence-corrected chi connectivity index (χ3v) is 5.38. The van der Waals surface area contributed by atoms with Crippen LogP contribution in [0.4, 0.5) is 0 Å². The lowest BCUT2D eigenvalue weighted by molar-refractivity contribution is -0.129. The van der Waals surface area contributed by atoms with E-state index in [1.807, 2.05) is 0 Å². The summed E-state index contributed by atoms with van der Waals surface area (Å²) in [5.41, 5.74) is -0.581. The Kier molecular flexibility index (Phi) is 7.50. The van der Waals surface area contributed by atoms with E-state index in [1.54, 1.807) is 26.0 Å². The van der Waals surface area contributed by atoms with Gasteiger partial charge in [-0.3, -0.25) is 14.7 Å². The van der Waals surface area contributed by atoms with Gasteiger partial charge in [0.25, 0.3) is 0 Å². The van der Waals surface area contributed by atoms with E-state index in [0.29, 0.717) is 13.0 Å². The molecule has 144 valence electrons. The predicted molar refractivity (Wildman–Crippen MR) is 101 cm³/mol. The summed E-state index contributed by atoms with van der Waals surface area (Å²) < 4.78 is 0. The quantitative estimate of drug-likeness (QED) is 0.551. The minimum absolute atomic E-state index is 0.181. The minimum atomic E-state index is -0.581. The van der Waals surface area contributed by atoms with Crippen molar-refractivity contribution in [3.8, 4) is 0 Å². The van der Waals surface area contributed by atoms with E-state index in [9.17, 15) is 9.90 Å². The zero-order valence-corrected chi connectivity index (χ0v) is 16.1. The van der Waals surface area contributed by atoms with Gasteiger partial charge in [-0.2, -0.15) is 0 Å². The zero-order chi connectivity index (χ0) is 18.3. The fourth-order valence-electron chi connectivity index (χ4n) is 3.62. The van der Waals surface area contributed by atoms with Gasteiger partial charge in [0.2, 0.25) is 5.91 Å². The van der Waals surface area contributed by atoms with Gasteiger partial charge in [-0.15, -0.1) is 0 Å². The van der Waals surface area contributed by atoms with Crippen LogP contribution in [0, 0.1) is 0 Å². The van der Waals surface area contributed by atoms with Crippen LogP contribution in [0.5, 0.6) is 0 Å². The summed E-state index contributed by atoms with van der Waals surface area (Å²) in [7, 11) is 5.40. The number of aliphatic hydroxyl groups is 1. The van der Waals surface area contributed by atoms with Crippen LogP contribution in [-0.2, 0) is 4.79 Å². The number of amides is 1. The Morgan fingerprint density at radius 2 is 1.80 bits per heavy atom. The maximum absolute atomic E-state index is 11.7. The summed E-state index contributed by atoms with van der Waals surface area (Å²) in [6, 6.07) is 0. The van der Waals surface area contributed by atoms with Gasteiger partial charge in [0.1, 0.15) is 0 Å². The van der Waals surface area contributed by atoms with Crippen molar-refractivity contribution in [2.75, 3.05) is 60.4 Å². The molecule has 0 spiro atoms. The molecular formula is C18H35N5O2. The van der Waals surface area contributed by atoms with Gasteiger partial charge in [-0.25, -0.2) is 0 Å². The van der Waals surface area contributed by atoms with Crippen molar-refractivity contribution < 1.29 is 9.90 Å². The second-order valence-electron chi connectivity index (χ2n) is 7.55. The molecule has 2 N–H and O–H groups in total. The largest absolute Gasteiger partial charge is 0.388 e. The van der Waals surface area contributed by atoms with Crippen LogP contribution < -0.4 is 5.32 Å². The first-order valence-corrected chi connectivity index (χ1v) is 9.54. The summed E-state index contributed by atoms with van der Waals surface area (Å²) in [5.74, 6) is 1.06. The number of guanidine groups is 1. The van der Waals surface area contributed by atoms with Crippen molar-refractivity contribution in [1.29, 1.82) is 0 Å². The Balaban J connectivity index is 1.73. The predicted octanol–water partition coefficient (Wildman–Crippen LogP) is 0.353. The van der Waals surface area contributed by atoms with Gasteiger partial charge in [0.15, 0.2) is 5.96 Å². The number of carbonyl (C=O) groups excluding carboxylic acids is 1. The minimum Gasteiger partial charge on any atom is -0.388 e. The first-order valence-electron chi connectivity index (χ1n) is 9.54. The molecule has 0 bridgehead atoms. The number of aliphatic imine (C=N–C) groups is 1. The summed E-state index contributed by atoms with van der Waals surface area (Å²) in [4.78, 5) is 22.3. The molecular weight excluding hydrogens is 318 g/mol. The highest BCUT2D eigenvalue weighted by atomic mass is 16.3. The second kappa shape index (κ2) is 9.38. The number of carbonyl (C=O) groups is 1. The van der Waals surface area contributed by atoms with Crippen LogP contribution >= 0.6 is 0 Å². The maximum Gasteiger partial charge on any atom is 0.223 e. The SMILES string of the molecule is CN=C(NCC1(O)CCCCC1)N1CCN(CCC(=O)N(C)C)CC1. The Labute approximate surface area is 152 Å². The molecule has 1 saturated heterocycles. The molecule has 1 aliphatic carbocycles. The Bertz CT molecular complexity index is 452. The first-order chi connectivity index (χ1) is 11.9. The normalized spacial score (nSPS) is 21.9. The van der Waals surface area contributed by atoms with Gasteiger partial charge in [-0.1, -0.05) is 19.3 Å². The number of rotatable bonds is 5. The lowest BCUT2D eigenvalue weighted by atomic mass is 9.85. The van der Waals surface area contributed by atoms with E-state index in [0.717, 1.165) is 64.4 Å². The van der Waals surface area contributed by atoms with Crippen molar-refractivity contribution in [3.05, 3.63) is 0 Å². The highest BCUT2D eigenvalue weighted by molar-refractivity contribution is 5.80. The van der Waals surface area contributed by atoms with Crippen molar-refractivity contribution >= 4 is 11.9 Å². The van der Waals surface area contributed by atoms with Crippen LogP contribution in [0.15, 0.2) is 4.99 Å². The average Bonchev–Trinajstić information content (AvgIpc) is 2.61. The van der Waals surface area contributed by atoms with Gasteiger partial charge in [-0.05, 0) is 12.8 Å². The van der Waals surface area contributed by atoms with Crippen molar-refractivity contribution in [3.63, 3.8) is 0 Å². The second-order valence-corrected chi connectivity index (χ2v) is 7.55. The average molecular weight is 354 g/mol. The van der Waals surface area contributed by atoms with Crippen LogP contribution in [0.25, 0.3) is 0 Å². The molecule has 7 nitrogen and oxygen atoms in total. The molecule has 25 heavy (non-hydrogen) atoms. The molecule has 7 heteroatoms. The smallest absolute Gasteiger partial charge is 0.223 e. The molecule has 1 heterocycles. The van der Waals surface area contributed by atoms with Gasteiger partial charge >= 0.3 is 0 Å². The topological polar surface area (TPSA) is 71.4 Å². The highest BCUT2D eigenvalue weighted by Crippen LogP contribution is 2.27. The Hall–Kier alpha value is -1.34. The molecule has 0 aromatic carbocycles. The fourth-order valence-corrected chi connectivity index (χ4v) is 3.62. The maximum atomic E-state index is 11.7. The summed E-state index contributed by atoms with van der Waals surface area (Å²) >= 11 is 0. The molecule has 1 amide bonds. The molecule has 2 fully saturated rings. The summed E-state index contributed by atoms with van der Waals surface area (Å²) in [6.07, 6.45) is 5.79. The lowest BCUT2D eigenvalue weighted by Gasteiger charge is -2.38. The molecule has 0 unspecified atom stereocenters. The first kappa shape index (κ1) is 20.0. The van der Waals surface area contributed by atoms with E-state index in [2.05, 4.69) is 20.1 Å². The van der Waals surface area contributed by atoms with Crippen molar-refractivity contribution in [1.82, 2.24) is 20.0 Å². The molecule has 0 radical (unpaired) electrons. The Morgan fingerprint density at radius 1 is 1.16 bits per heavy atom. The van der Waals surface area contributed by atoms with Gasteiger partial charge in [0.05, 0.1) is 5.60 Å². The molecule has 0 aromatic heterocycles. The molecule has 2 rings (SSSR count). The van der Waals surface area contributed by atoms with Crippen LogP contribution in [0.3, 0.4) is 0 Å². The number of nitrogens with zero attached hydrogens (tertiary/aromatic N) is 4. The molecule has 0 atom stereocenters. The Morgan fingerprint density at radius 3 is 2.36 bits per heavy atom. The third kappa shape index (κ3) is 6.15. The van der Waals surface area contributed by atoms with E-state index in [4.69, 9.17) is 0 Å². The van der Waals surface area contributed by atoms with Crippen LogP contribution in [0.2, 0.25) is 0 Å². The fraction of sp³-hybridized carbons (Fsp3) is 0.889. The molecule has 2 aliphatic rings. The van der Waals surface area contributed by atoms with E-state index in [-0.39, 0.29) is 5.91 Å². The molecule has 0 aromatic rings. The number of hydrogen-bond donors (Lipinski definition) is 2. The monoisotopic (exact) mass is 353 g/mol. The molecule has 1 aliphatic heterocycles. The number of hydrogen-bond acceptors (Lipinski definition) is 4. The van der Waals surface area contributed by atoms with Crippen LogP contribution in [-0.4, -0.2) is 97.7 Å². The summed E-state index contributed by atoms with van der Waals surface area (Å²) in [5, 5.41) is 14.0. The third-order valence-electron chi connectivity index (χ3n) is 5.38.